The van der Waals surface area contributed by atoms with Gasteiger partial charge in [-0.25, -0.2) is 4.39 Å². The van der Waals surface area contributed by atoms with Crippen molar-refractivity contribution in [3.05, 3.63) is 29.6 Å². The van der Waals surface area contributed by atoms with E-state index in [0.717, 1.165) is 44.5 Å². The second-order valence-electron chi connectivity index (χ2n) is 10.6. The maximum Gasteiger partial charge on any atom is 0.229 e. The molecule has 29 heavy (non-hydrogen) atoms. The van der Waals surface area contributed by atoms with Crippen molar-refractivity contribution < 1.29 is 14.0 Å². The molecule has 2 heterocycles. The molecule has 5 nitrogen and oxygen atoms in total. The maximum absolute atomic E-state index is 13.5. The summed E-state index contributed by atoms with van der Waals surface area (Å²) in [6.45, 7) is 2.60. The van der Waals surface area contributed by atoms with Crippen molar-refractivity contribution >= 4 is 17.5 Å². The summed E-state index contributed by atoms with van der Waals surface area (Å²) in [6, 6.07) is 5.58. The normalized spacial score (nSPS) is 49.1. The molecule has 7 fully saturated rings. The van der Waals surface area contributed by atoms with Crippen molar-refractivity contribution in [1.29, 1.82) is 0 Å². The zero-order valence-corrected chi connectivity index (χ0v) is 16.2. The van der Waals surface area contributed by atoms with Gasteiger partial charge in [0.15, 0.2) is 0 Å². The highest BCUT2D eigenvalue weighted by atomic mass is 19.1. The number of benzene rings is 1. The summed E-state index contributed by atoms with van der Waals surface area (Å²) >= 11 is 0. The number of carbonyl (C=O) groups is 2. The van der Waals surface area contributed by atoms with E-state index in [1.54, 1.807) is 12.1 Å². The molecule has 2 N–H and O–H groups in total. The van der Waals surface area contributed by atoms with Crippen LogP contribution in [-0.2, 0) is 16.0 Å². The van der Waals surface area contributed by atoms with Crippen LogP contribution in [0.15, 0.2) is 18.2 Å². The van der Waals surface area contributed by atoms with Gasteiger partial charge in [-0.1, -0.05) is 0 Å². The van der Waals surface area contributed by atoms with E-state index >= 15 is 0 Å². The number of halogens is 1. The minimum Gasteiger partial charge on any atom is -0.369 e. The summed E-state index contributed by atoms with van der Waals surface area (Å²) in [4.78, 5) is 30.0. The monoisotopic (exact) mass is 393 g/mol. The first-order chi connectivity index (χ1) is 14.0. The molecule has 0 unspecified atom stereocenters. The lowest BCUT2D eigenvalue weighted by molar-refractivity contribution is -0.625. The lowest BCUT2D eigenvalue weighted by atomic mass is 8.92. The van der Waals surface area contributed by atoms with Crippen molar-refractivity contribution in [1.82, 2.24) is 4.90 Å². The first-order valence-corrected chi connectivity index (χ1v) is 11.2. The van der Waals surface area contributed by atoms with Gasteiger partial charge in [-0.3, -0.25) is 9.59 Å². The number of nitrogens with zero attached hydrogens (tertiary/aromatic N) is 2. The molecule has 1 aromatic rings. The van der Waals surface area contributed by atoms with Gasteiger partial charge in [0.1, 0.15) is 5.82 Å². The molecule has 2 amide bonds. The van der Waals surface area contributed by atoms with E-state index < -0.39 is 0 Å². The minimum absolute atomic E-state index is 0.0815. The number of piperidine rings is 1. The number of anilines is 1. The van der Waals surface area contributed by atoms with Gasteiger partial charge in [-0.15, -0.1) is 0 Å². The number of carbonyl (C=O) groups excluding carboxylic acids is 2. The summed E-state index contributed by atoms with van der Waals surface area (Å²) in [5, 5.41) is 0. The molecule has 9 rings (SSSR count). The highest BCUT2D eigenvalue weighted by Crippen LogP contribution is 3.10. The molecule has 0 spiro atoms. The van der Waals surface area contributed by atoms with Crippen LogP contribution in [-0.4, -0.2) is 42.4 Å². The fourth-order valence-corrected chi connectivity index (χ4v) is 9.88. The smallest absolute Gasteiger partial charge is 0.229 e. The third-order valence-corrected chi connectivity index (χ3v) is 10.6. The van der Waals surface area contributed by atoms with Gasteiger partial charge in [-0.05, 0) is 78.5 Å². The topological polar surface area (TPSA) is 66.6 Å². The summed E-state index contributed by atoms with van der Waals surface area (Å²) < 4.78 is 13.5. The number of rotatable bonds is 3. The quantitative estimate of drug-likeness (QED) is 0.844. The number of fused-ring (bicyclic) bond motifs is 1. The molecule has 0 bridgehead atoms. The van der Waals surface area contributed by atoms with E-state index in [4.69, 9.17) is 5.73 Å². The Kier molecular flexibility index (Phi) is 2.34. The van der Waals surface area contributed by atoms with Crippen molar-refractivity contribution in [3.8, 4) is 0 Å². The van der Waals surface area contributed by atoms with E-state index in [0.29, 0.717) is 47.5 Å². The molecule has 8 aliphatic rings. The maximum atomic E-state index is 13.5. The van der Waals surface area contributed by atoms with E-state index in [1.165, 1.54) is 5.69 Å². The van der Waals surface area contributed by atoms with E-state index in [2.05, 4.69) is 9.80 Å². The lowest BCUT2D eigenvalue weighted by Crippen LogP contribution is -3.12. The van der Waals surface area contributed by atoms with Gasteiger partial charge < -0.3 is 15.5 Å². The van der Waals surface area contributed by atoms with Crippen LogP contribution in [0.2, 0.25) is 0 Å². The number of hydrogen-bond donors (Lipinski definition) is 1. The Bertz CT molecular complexity index is 975. The minimum atomic E-state index is -0.169. The van der Waals surface area contributed by atoms with Crippen LogP contribution >= 0.6 is 0 Å². The molecule has 0 radical (unpaired) electrons. The zero-order valence-electron chi connectivity index (χ0n) is 16.2. The second-order valence-corrected chi connectivity index (χ2v) is 10.6. The molecule has 0 aromatic heterocycles. The molecular formula is C23H24FN3O2. The summed E-state index contributed by atoms with van der Waals surface area (Å²) in [5.41, 5.74) is 7.74. The predicted octanol–water partition coefficient (Wildman–Crippen LogP) is 1.40. The Morgan fingerprint density at radius 1 is 0.966 bits per heavy atom. The van der Waals surface area contributed by atoms with E-state index in [-0.39, 0.29) is 22.6 Å². The Hall–Kier alpha value is -2.11. The van der Waals surface area contributed by atoms with Crippen LogP contribution in [0.4, 0.5) is 10.1 Å². The second kappa shape index (κ2) is 4.33. The van der Waals surface area contributed by atoms with Gasteiger partial charge >= 0.3 is 0 Å². The summed E-state index contributed by atoms with van der Waals surface area (Å²) in [6.07, 6.45) is 2.88. The van der Waals surface area contributed by atoms with E-state index in [9.17, 15) is 14.0 Å². The third kappa shape index (κ3) is 1.22. The highest BCUT2D eigenvalue weighted by Gasteiger charge is 3.12. The molecule has 150 valence electrons. The molecule has 2 aliphatic heterocycles. The molecule has 6 saturated carbocycles. The van der Waals surface area contributed by atoms with E-state index in [1.807, 2.05) is 6.07 Å². The number of nitrogens with two attached hydrogens (primary N) is 1. The first kappa shape index (κ1) is 15.7. The standard InChI is InChI=1S/C23H24FN3O2/c24-11-1-2-13-10(9-11)3-8-27(13)12-4-6-26(7-5-12)21(29)23-17-14-18(23)16-19(23)15(17)22(14,16)20(25)28/h1-2,9,12,14-19H,3-8H2,(H2,25,28). The van der Waals surface area contributed by atoms with Crippen LogP contribution < -0.4 is 10.6 Å². The molecule has 1 aromatic carbocycles. The number of likely N-dealkylation sites (tertiary alicyclic amines) is 1. The van der Waals surface area contributed by atoms with Crippen LogP contribution in [0.3, 0.4) is 0 Å². The average molecular weight is 393 g/mol. The zero-order chi connectivity index (χ0) is 19.4. The summed E-state index contributed by atoms with van der Waals surface area (Å²) in [5.74, 6) is 2.91. The summed E-state index contributed by atoms with van der Waals surface area (Å²) in [7, 11) is 0. The van der Waals surface area contributed by atoms with Crippen LogP contribution in [0.1, 0.15) is 18.4 Å². The number of primary amides is 1. The molecular weight excluding hydrogens is 369 g/mol. The lowest BCUT2D eigenvalue weighted by Gasteiger charge is -3.09. The largest absolute Gasteiger partial charge is 0.369 e. The van der Waals surface area contributed by atoms with Gasteiger partial charge in [0.05, 0.1) is 10.8 Å². The van der Waals surface area contributed by atoms with Gasteiger partial charge in [0, 0.05) is 31.4 Å². The van der Waals surface area contributed by atoms with Crippen molar-refractivity contribution in [2.45, 2.75) is 25.3 Å². The average Bonchev–Trinajstić information content (AvgIpc) is 3.15. The van der Waals surface area contributed by atoms with Crippen LogP contribution in [0.25, 0.3) is 0 Å². The molecule has 0 atom stereocenters. The van der Waals surface area contributed by atoms with Crippen molar-refractivity contribution in [2.24, 2.45) is 52.1 Å². The molecule has 6 heteroatoms. The van der Waals surface area contributed by atoms with Crippen LogP contribution in [0, 0.1) is 52.2 Å². The first-order valence-electron chi connectivity index (χ1n) is 11.2. The SMILES string of the molecule is NC(=O)C12C3C4C1C1C2C3C41C(=O)N1CCC(N2CCc3cc(F)ccc32)CC1. The van der Waals surface area contributed by atoms with Gasteiger partial charge in [0.2, 0.25) is 11.8 Å². The Morgan fingerprint density at radius 3 is 2.21 bits per heavy atom. The Morgan fingerprint density at radius 2 is 1.59 bits per heavy atom. The number of hydrogen-bond acceptors (Lipinski definition) is 3. The van der Waals surface area contributed by atoms with Gasteiger partial charge in [-0.2, -0.15) is 0 Å². The molecule has 6 aliphatic carbocycles. The number of amides is 2. The highest BCUT2D eigenvalue weighted by molar-refractivity contribution is 6.00. The van der Waals surface area contributed by atoms with Crippen molar-refractivity contribution in [3.63, 3.8) is 0 Å². The Balaban J connectivity index is 0.970. The van der Waals surface area contributed by atoms with Gasteiger partial charge in [0.25, 0.3) is 0 Å². The fraction of sp³-hybridized carbons (Fsp3) is 0.652. The fourth-order valence-electron chi connectivity index (χ4n) is 9.88. The molecule has 1 saturated heterocycles. The Labute approximate surface area is 168 Å². The predicted molar refractivity (Wildman–Crippen MR) is 102 cm³/mol. The van der Waals surface area contributed by atoms with Crippen molar-refractivity contribution in [2.75, 3.05) is 24.5 Å². The third-order valence-electron chi connectivity index (χ3n) is 10.6. The van der Waals surface area contributed by atoms with Crippen LogP contribution in [0.5, 0.6) is 0 Å².